The maximum absolute atomic E-state index is 5.71. The van der Waals surface area contributed by atoms with Gasteiger partial charge in [-0.25, -0.2) is 0 Å². The second kappa shape index (κ2) is 3.64. The minimum Gasteiger partial charge on any atom is -0.330 e. The van der Waals surface area contributed by atoms with E-state index in [4.69, 9.17) is 5.73 Å². The molecule has 1 aromatic carbocycles. The van der Waals surface area contributed by atoms with Crippen molar-refractivity contribution in [2.45, 2.75) is 5.92 Å². The average molecular weight is 238 g/mol. The van der Waals surface area contributed by atoms with Gasteiger partial charge in [-0.2, -0.15) is 0 Å². The van der Waals surface area contributed by atoms with Gasteiger partial charge in [0.2, 0.25) is 0 Å². The molecule has 0 heterocycles. The van der Waals surface area contributed by atoms with E-state index in [0.717, 1.165) is 5.33 Å². The summed E-state index contributed by atoms with van der Waals surface area (Å²) < 4.78 is 0. The second-order valence-electron chi connectivity index (χ2n) is 3.25. The maximum atomic E-state index is 5.71. The van der Waals surface area contributed by atoms with Crippen LogP contribution in [0.25, 0.3) is 5.57 Å². The van der Waals surface area contributed by atoms with Gasteiger partial charge < -0.3 is 5.73 Å². The van der Waals surface area contributed by atoms with Crippen LogP contribution in [0.4, 0.5) is 0 Å². The second-order valence-corrected chi connectivity index (χ2v) is 3.82. The first-order chi connectivity index (χ1) is 6.36. The van der Waals surface area contributed by atoms with Gasteiger partial charge in [-0.1, -0.05) is 46.3 Å². The lowest BCUT2D eigenvalue weighted by molar-refractivity contribution is 0.863. The quantitative estimate of drug-likeness (QED) is 0.787. The molecule has 1 atom stereocenters. The van der Waals surface area contributed by atoms with Gasteiger partial charge in [0.05, 0.1) is 0 Å². The molecule has 0 spiro atoms. The topological polar surface area (TPSA) is 26.0 Å². The third kappa shape index (κ3) is 1.45. The summed E-state index contributed by atoms with van der Waals surface area (Å²) in [6.45, 7) is 0.702. The zero-order chi connectivity index (χ0) is 9.26. The van der Waals surface area contributed by atoms with Crippen LogP contribution in [-0.2, 0) is 0 Å². The van der Waals surface area contributed by atoms with Crippen molar-refractivity contribution >= 4 is 21.5 Å². The van der Waals surface area contributed by atoms with Crippen LogP contribution < -0.4 is 5.73 Å². The molecule has 0 saturated carbocycles. The summed E-state index contributed by atoms with van der Waals surface area (Å²) in [7, 11) is 0. The first kappa shape index (κ1) is 8.97. The predicted molar refractivity (Wildman–Crippen MR) is 60.0 cm³/mol. The van der Waals surface area contributed by atoms with Crippen LogP contribution in [0.3, 0.4) is 0 Å². The maximum Gasteiger partial charge on any atom is 0.0286 e. The highest BCUT2D eigenvalue weighted by molar-refractivity contribution is 9.09. The molecule has 0 aliphatic heterocycles. The molecule has 0 radical (unpaired) electrons. The van der Waals surface area contributed by atoms with E-state index >= 15 is 0 Å². The number of allylic oxidation sites excluding steroid dienone is 1. The molecular formula is C11H12BrN. The Hall–Kier alpha value is -0.600. The fourth-order valence-corrected chi connectivity index (χ4v) is 2.34. The summed E-state index contributed by atoms with van der Waals surface area (Å²) in [5.74, 6) is 0.420. The van der Waals surface area contributed by atoms with E-state index in [1.165, 1.54) is 16.7 Å². The van der Waals surface area contributed by atoms with Crippen LogP contribution in [0.2, 0.25) is 0 Å². The van der Waals surface area contributed by atoms with Crippen LogP contribution in [-0.4, -0.2) is 11.9 Å². The van der Waals surface area contributed by atoms with E-state index in [9.17, 15) is 0 Å². The highest BCUT2D eigenvalue weighted by atomic mass is 79.9. The molecule has 13 heavy (non-hydrogen) atoms. The molecule has 68 valence electrons. The van der Waals surface area contributed by atoms with Crippen LogP contribution in [0.5, 0.6) is 0 Å². The zero-order valence-corrected chi connectivity index (χ0v) is 8.92. The Balaban J connectivity index is 2.47. The van der Waals surface area contributed by atoms with Gasteiger partial charge in [-0.3, -0.25) is 0 Å². The Bertz CT molecular complexity index is 344. The van der Waals surface area contributed by atoms with Crippen LogP contribution in [0, 0.1) is 0 Å². The normalized spacial score (nSPS) is 19.8. The van der Waals surface area contributed by atoms with Crippen LogP contribution in [0.1, 0.15) is 17.0 Å². The molecule has 1 aromatic rings. The molecule has 1 aliphatic rings. The van der Waals surface area contributed by atoms with Crippen molar-refractivity contribution in [1.82, 2.24) is 0 Å². The highest BCUT2D eigenvalue weighted by Crippen LogP contribution is 2.35. The molecule has 1 aliphatic carbocycles. The van der Waals surface area contributed by atoms with E-state index in [-0.39, 0.29) is 0 Å². The standard InChI is InChI=1S/C11H12BrN/c12-6-8-5-9(7-13)11-4-2-1-3-10(8)11/h1-5,9H,6-7,13H2. The minimum atomic E-state index is 0.420. The van der Waals surface area contributed by atoms with Gasteiger partial charge in [0.1, 0.15) is 0 Å². The summed E-state index contributed by atoms with van der Waals surface area (Å²) >= 11 is 3.49. The Kier molecular flexibility index (Phi) is 2.51. The first-order valence-electron chi connectivity index (χ1n) is 4.43. The van der Waals surface area contributed by atoms with Gasteiger partial charge >= 0.3 is 0 Å². The third-order valence-electron chi connectivity index (χ3n) is 2.51. The lowest BCUT2D eigenvalue weighted by atomic mass is 10.0. The lowest BCUT2D eigenvalue weighted by Gasteiger charge is -2.06. The monoisotopic (exact) mass is 237 g/mol. The number of hydrogen-bond acceptors (Lipinski definition) is 1. The van der Waals surface area contributed by atoms with E-state index in [0.29, 0.717) is 12.5 Å². The van der Waals surface area contributed by atoms with Crippen molar-refractivity contribution in [1.29, 1.82) is 0 Å². The molecule has 0 bridgehead atoms. The molecular weight excluding hydrogens is 226 g/mol. The summed E-state index contributed by atoms with van der Waals surface area (Å²) in [5, 5.41) is 0.917. The summed E-state index contributed by atoms with van der Waals surface area (Å²) in [5.41, 5.74) is 9.80. The van der Waals surface area contributed by atoms with Gasteiger partial charge in [0.15, 0.2) is 0 Å². The number of hydrogen-bond donors (Lipinski definition) is 1. The van der Waals surface area contributed by atoms with Crippen molar-refractivity contribution in [3.63, 3.8) is 0 Å². The molecule has 2 rings (SSSR count). The van der Waals surface area contributed by atoms with Crippen molar-refractivity contribution < 1.29 is 0 Å². The van der Waals surface area contributed by atoms with Crippen molar-refractivity contribution in [2.24, 2.45) is 5.73 Å². The van der Waals surface area contributed by atoms with E-state index in [1.807, 2.05) is 0 Å². The summed E-state index contributed by atoms with van der Waals surface area (Å²) in [6, 6.07) is 8.48. The molecule has 0 amide bonds. The van der Waals surface area contributed by atoms with E-state index < -0.39 is 0 Å². The lowest BCUT2D eigenvalue weighted by Crippen LogP contribution is -2.08. The first-order valence-corrected chi connectivity index (χ1v) is 5.55. The van der Waals surface area contributed by atoms with Gasteiger partial charge in [0, 0.05) is 17.8 Å². The van der Waals surface area contributed by atoms with Gasteiger partial charge in [0.25, 0.3) is 0 Å². The Morgan fingerprint density at radius 2 is 2.08 bits per heavy atom. The number of halogens is 1. The molecule has 0 fully saturated rings. The molecule has 1 unspecified atom stereocenters. The number of benzene rings is 1. The van der Waals surface area contributed by atoms with Crippen molar-refractivity contribution in [3.8, 4) is 0 Å². The summed E-state index contributed by atoms with van der Waals surface area (Å²) in [6.07, 6.45) is 2.26. The van der Waals surface area contributed by atoms with Crippen LogP contribution >= 0.6 is 15.9 Å². The predicted octanol–water partition coefficient (Wildman–Crippen LogP) is 2.52. The van der Waals surface area contributed by atoms with Gasteiger partial charge in [-0.05, 0) is 16.7 Å². The molecule has 0 saturated heterocycles. The number of nitrogens with two attached hydrogens (primary N) is 1. The SMILES string of the molecule is NCC1C=C(CBr)c2ccccc21. The van der Waals surface area contributed by atoms with Gasteiger partial charge in [-0.15, -0.1) is 0 Å². The van der Waals surface area contributed by atoms with Crippen LogP contribution in [0.15, 0.2) is 30.3 Å². The fraction of sp³-hybridized carbons (Fsp3) is 0.273. The third-order valence-corrected chi connectivity index (χ3v) is 3.11. The smallest absolute Gasteiger partial charge is 0.0286 e. The van der Waals surface area contributed by atoms with E-state index in [2.05, 4.69) is 46.3 Å². The van der Waals surface area contributed by atoms with Crippen molar-refractivity contribution in [2.75, 3.05) is 11.9 Å². The Labute approximate surface area is 86.8 Å². The Morgan fingerprint density at radius 1 is 1.31 bits per heavy atom. The number of alkyl halides is 1. The minimum absolute atomic E-state index is 0.420. The molecule has 2 heteroatoms. The zero-order valence-electron chi connectivity index (χ0n) is 7.33. The average Bonchev–Trinajstić information content (AvgIpc) is 2.56. The van der Waals surface area contributed by atoms with Crippen molar-refractivity contribution in [3.05, 3.63) is 41.5 Å². The largest absolute Gasteiger partial charge is 0.330 e. The molecule has 0 aromatic heterocycles. The fourth-order valence-electron chi connectivity index (χ4n) is 1.85. The summed E-state index contributed by atoms with van der Waals surface area (Å²) in [4.78, 5) is 0. The number of rotatable bonds is 2. The van der Waals surface area contributed by atoms with E-state index in [1.54, 1.807) is 0 Å². The Morgan fingerprint density at radius 3 is 2.77 bits per heavy atom. The number of fused-ring (bicyclic) bond motifs is 1. The molecule has 2 N–H and O–H groups in total. The molecule has 1 nitrogen and oxygen atoms in total. The highest BCUT2D eigenvalue weighted by Gasteiger charge is 2.20.